The number of carbonyl (C=O) groups is 1. The summed E-state index contributed by atoms with van der Waals surface area (Å²) in [5.41, 5.74) is 0.854. The Hall–Kier alpha value is -1.02. The standard InChI is InChI=1S/C10H8OS/c11-9-5-3-7-12-10-6-2-1-4-8(9)10/h1-4,6-7H,5H2. The molecule has 60 valence electrons. The van der Waals surface area contributed by atoms with Crippen molar-refractivity contribution < 1.29 is 4.79 Å². The van der Waals surface area contributed by atoms with Gasteiger partial charge in [-0.1, -0.05) is 36.0 Å². The van der Waals surface area contributed by atoms with Crippen LogP contribution < -0.4 is 0 Å². The van der Waals surface area contributed by atoms with E-state index in [9.17, 15) is 4.79 Å². The second kappa shape index (κ2) is 3.15. The van der Waals surface area contributed by atoms with Crippen LogP contribution in [-0.4, -0.2) is 5.78 Å². The first-order valence-corrected chi connectivity index (χ1v) is 4.70. The fourth-order valence-corrected chi connectivity index (χ4v) is 1.99. The molecular weight excluding hydrogens is 168 g/mol. The molecule has 0 spiro atoms. The van der Waals surface area contributed by atoms with E-state index >= 15 is 0 Å². The smallest absolute Gasteiger partial charge is 0.167 e. The summed E-state index contributed by atoms with van der Waals surface area (Å²) in [6, 6.07) is 7.73. The molecule has 0 aromatic heterocycles. The molecule has 0 radical (unpaired) electrons. The molecule has 0 fully saturated rings. The van der Waals surface area contributed by atoms with Crippen LogP contribution in [0.3, 0.4) is 0 Å². The minimum absolute atomic E-state index is 0.215. The highest BCUT2D eigenvalue weighted by molar-refractivity contribution is 8.02. The van der Waals surface area contributed by atoms with Gasteiger partial charge in [-0.25, -0.2) is 0 Å². The third kappa shape index (κ3) is 1.30. The van der Waals surface area contributed by atoms with E-state index in [2.05, 4.69) is 0 Å². The molecule has 1 aliphatic heterocycles. The first-order chi connectivity index (χ1) is 5.88. The molecule has 0 N–H and O–H groups in total. The third-order valence-electron chi connectivity index (χ3n) is 1.78. The number of Topliss-reactive ketones (excluding diaryl/α,β-unsaturated/α-hetero) is 1. The van der Waals surface area contributed by atoms with Crippen molar-refractivity contribution >= 4 is 17.5 Å². The zero-order valence-corrected chi connectivity index (χ0v) is 7.30. The van der Waals surface area contributed by atoms with Gasteiger partial charge < -0.3 is 0 Å². The van der Waals surface area contributed by atoms with Crippen molar-refractivity contribution in [1.29, 1.82) is 0 Å². The van der Waals surface area contributed by atoms with Gasteiger partial charge in [-0.15, -0.1) is 0 Å². The summed E-state index contributed by atoms with van der Waals surface area (Å²) in [5.74, 6) is 0.215. The number of allylic oxidation sites excluding steroid dienone is 1. The van der Waals surface area contributed by atoms with Gasteiger partial charge in [-0.05, 0) is 11.5 Å². The summed E-state index contributed by atoms with van der Waals surface area (Å²) in [6.07, 6.45) is 2.44. The molecule has 1 aliphatic rings. The maximum absolute atomic E-state index is 11.4. The molecule has 12 heavy (non-hydrogen) atoms. The zero-order valence-electron chi connectivity index (χ0n) is 6.49. The molecule has 1 aromatic rings. The second-order valence-corrected chi connectivity index (χ2v) is 3.56. The minimum Gasteiger partial charge on any atom is -0.294 e. The van der Waals surface area contributed by atoms with Crippen LogP contribution in [-0.2, 0) is 0 Å². The van der Waals surface area contributed by atoms with Gasteiger partial charge in [-0.2, -0.15) is 0 Å². The van der Waals surface area contributed by atoms with E-state index < -0.39 is 0 Å². The Morgan fingerprint density at radius 3 is 3.00 bits per heavy atom. The Kier molecular flexibility index (Phi) is 2.00. The Morgan fingerprint density at radius 1 is 1.25 bits per heavy atom. The molecule has 2 rings (SSSR count). The topological polar surface area (TPSA) is 17.1 Å². The van der Waals surface area contributed by atoms with Crippen LogP contribution in [0.5, 0.6) is 0 Å². The van der Waals surface area contributed by atoms with Crippen molar-refractivity contribution in [3.8, 4) is 0 Å². The first kappa shape index (κ1) is 7.62. The Labute approximate surface area is 75.5 Å². The van der Waals surface area contributed by atoms with E-state index in [1.54, 1.807) is 11.8 Å². The lowest BCUT2D eigenvalue weighted by molar-refractivity contribution is 0.0993. The SMILES string of the molecule is O=C1CC=CSc2ccccc21. The summed E-state index contributed by atoms with van der Waals surface area (Å²) < 4.78 is 0. The van der Waals surface area contributed by atoms with Gasteiger partial charge >= 0.3 is 0 Å². The van der Waals surface area contributed by atoms with Crippen molar-refractivity contribution in [2.24, 2.45) is 0 Å². The molecule has 0 saturated heterocycles. The van der Waals surface area contributed by atoms with Crippen LogP contribution >= 0.6 is 11.8 Å². The summed E-state index contributed by atoms with van der Waals surface area (Å²) in [4.78, 5) is 12.5. The number of benzene rings is 1. The summed E-state index contributed by atoms with van der Waals surface area (Å²) >= 11 is 1.61. The van der Waals surface area contributed by atoms with E-state index in [1.165, 1.54) is 0 Å². The molecule has 0 aliphatic carbocycles. The minimum atomic E-state index is 0.215. The average Bonchev–Trinajstić information content (AvgIpc) is 2.29. The number of carbonyl (C=O) groups excluding carboxylic acids is 1. The summed E-state index contributed by atoms with van der Waals surface area (Å²) in [6.45, 7) is 0. The number of hydrogen-bond acceptors (Lipinski definition) is 2. The normalized spacial score (nSPS) is 15.5. The van der Waals surface area contributed by atoms with Crippen LogP contribution in [0, 0.1) is 0 Å². The lowest BCUT2D eigenvalue weighted by atomic mass is 10.1. The van der Waals surface area contributed by atoms with Crippen molar-refractivity contribution in [3.63, 3.8) is 0 Å². The van der Waals surface area contributed by atoms with Crippen LogP contribution in [0.2, 0.25) is 0 Å². The van der Waals surface area contributed by atoms with Gasteiger partial charge in [0.25, 0.3) is 0 Å². The van der Waals surface area contributed by atoms with Crippen LogP contribution in [0.25, 0.3) is 0 Å². The molecule has 2 heteroatoms. The molecule has 0 amide bonds. The molecule has 0 saturated carbocycles. The molecule has 1 nitrogen and oxygen atoms in total. The molecule has 0 bridgehead atoms. The zero-order chi connectivity index (χ0) is 8.39. The van der Waals surface area contributed by atoms with Gasteiger partial charge in [0.1, 0.15) is 0 Å². The predicted octanol–water partition coefficient (Wildman–Crippen LogP) is 2.88. The van der Waals surface area contributed by atoms with Gasteiger partial charge in [0.15, 0.2) is 5.78 Å². The number of fused-ring (bicyclic) bond motifs is 1. The molecule has 1 aromatic carbocycles. The highest BCUT2D eigenvalue weighted by Gasteiger charge is 2.10. The number of rotatable bonds is 0. The van der Waals surface area contributed by atoms with E-state index in [0.717, 1.165) is 10.5 Å². The predicted molar refractivity (Wildman–Crippen MR) is 50.4 cm³/mol. The Balaban J connectivity index is 2.52. The molecular formula is C10H8OS. The van der Waals surface area contributed by atoms with E-state index in [-0.39, 0.29) is 5.78 Å². The van der Waals surface area contributed by atoms with Crippen molar-refractivity contribution in [2.75, 3.05) is 0 Å². The number of ketones is 1. The molecule has 0 unspecified atom stereocenters. The maximum atomic E-state index is 11.4. The Morgan fingerprint density at radius 2 is 2.08 bits per heavy atom. The van der Waals surface area contributed by atoms with E-state index in [1.807, 2.05) is 35.7 Å². The largest absolute Gasteiger partial charge is 0.294 e. The fraction of sp³-hybridized carbons (Fsp3) is 0.100. The van der Waals surface area contributed by atoms with Crippen molar-refractivity contribution in [1.82, 2.24) is 0 Å². The van der Waals surface area contributed by atoms with Gasteiger partial charge in [0.05, 0.1) is 0 Å². The van der Waals surface area contributed by atoms with Crippen molar-refractivity contribution in [2.45, 2.75) is 11.3 Å². The quantitative estimate of drug-likeness (QED) is 0.604. The van der Waals surface area contributed by atoms with Crippen LogP contribution in [0.15, 0.2) is 40.6 Å². The third-order valence-corrected chi connectivity index (χ3v) is 2.72. The molecule has 0 atom stereocenters. The highest BCUT2D eigenvalue weighted by Crippen LogP contribution is 2.27. The van der Waals surface area contributed by atoms with Gasteiger partial charge in [0.2, 0.25) is 0 Å². The maximum Gasteiger partial charge on any atom is 0.167 e. The molecule has 1 heterocycles. The lowest BCUT2D eigenvalue weighted by Gasteiger charge is -2.00. The summed E-state index contributed by atoms with van der Waals surface area (Å²) in [5, 5.41) is 1.98. The van der Waals surface area contributed by atoms with Gasteiger partial charge in [-0.3, -0.25) is 4.79 Å². The Bertz CT molecular complexity index is 341. The number of hydrogen-bond donors (Lipinski definition) is 0. The van der Waals surface area contributed by atoms with E-state index in [0.29, 0.717) is 6.42 Å². The monoisotopic (exact) mass is 176 g/mol. The second-order valence-electron chi connectivity index (χ2n) is 2.61. The van der Waals surface area contributed by atoms with Crippen LogP contribution in [0.1, 0.15) is 16.8 Å². The van der Waals surface area contributed by atoms with Gasteiger partial charge in [0, 0.05) is 16.9 Å². The summed E-state index contributed by atoms with van der Waals surface area (Å²) in [7, 11) is 0. The van der Waals surface area contributed by atoms with Crippen LogP contribution in [0.4, 0.5) is 0 Å². The first-order valence-electron chi connectivity index (χ1n) is 3.82. The lowest BCUT2D eigenvalue weighted by Crippen LogP contribution is -1.96. The highest BCUT2D eigenvalue weighted by atomic mass is 32.2. The number of thioether (sulfide) groups is 1. The average molecular weight is 176 g/mol. The fourth-order valence-electron chi connectivity index (χ4n) is 1.19. The van der Waals surface area contributed by atoms with Crippen molar-refractivity contribution in [3.05, 3.63) is 41.3 Å². The van der Waals surface area contributed by atoms with E-state index in [4.69, 9.17) is 0 Å².